The Bertz CT molecular complexity index is 531. The summed E-state index contributed by atoms with van der Waals surface area (Å²) in [6, 6.07) is 3.13. The Hall–Kier alpha value is -0.930. The van der Waals surface area contributed by atoms with Crippen LogP contribution in [-0.2, 0) is 4.79 Å². The Morgan fingerprint density at radius 3 is 2.19 bits per heavy atom. The zero-order valence-electron chi connectivity index (χ0n) is 13.3. The van der Waals surface area contributed by atoms with E-state index in [9.17, 15) is 4.79 Å². The van der Waals surface area contributed by atoms with Crippen molar-refractivity contribution in [1.29, 1.82) is 0 Å². The minimum atomic E-state index is -0.595. The van der Waals surface area contributed by atoms with E-state index in [4.69, 9.17) is 32.7 Å². The van der Waals surface area contributed by atoms with Gasteiger partial charge in [-0.2, -0.15) is 0 Å². The first-order chi connectivity index (χ1) is 9.46. The lowest BCUT2D eigenvalue weighted by atomic mass is 9.91. The summed E-state index contributed by atoms with van der Waals surface area (Å²) in [5.41, 5.74) is -1.06. The smallest absolute Gasteiger partial charge is 0.317 e. The van der Waals surface area contributed by atoms with E-state index in [1.54, 1.807) is 6.07 Å². The molecule has 1 aromatic carbocycles. The molecule has 0 aromatic heterocycles. The molecule has 0 heterocycles. The quantitative estimate of drug-likeness (QED) is 0.538. The van der Waals surface area contributed by atoms with Crippen LogP contribution in [0.1, 0.15) is 48.0 Å². The zero-order chi connectivity index (χ0) is 16.4. The van der Waals surface area contributed by atoms with Crippen LogP contribution in [0.3, 0.4) is 0 Å². The highest BCUT2D eigenvalue weighted by molar-refractivity contribution is 6.36. The summed E-state index contributed by atoms with van der Waals surface area (Å²) < 4.78 is 11.3. The van der Waals surface area contributed by atoms with Crippen molar-refractivity contribution in [2.24, 2.45) is 5.41 Å². The maximum atomic E-state index is 12.3. The molecule has 0 radical (unpaired) electrons. The average molecular weight is 333 g/mol. The van der Waals surface area contributed by atoms with Crippen LogP contribution >= 0.6 is 23.2 Å². The predicted molar refractivity (Wildman–Crippen MR) is 86.6 cm³/mol. The first kappa shape index (κ1) is 18.1. The minimum absolute atomic E-state index is 0.211. The van der Waals surface area contributed by atoms with Gasteiger partial charge in [-0.15, -0.1) is 0 Å². The average Bonchev–Trinajstić information content (AvgIpc) is 2.31. The van der Waals surface area contributed by atoms with Gasteiger partial charge < -0.3 is 9.47 Å². The third-order valence-corrected chi connectivity index (χ3v) is 3.52. The SMILES string of the molecule is CCC(C)(C)C(=O)Oc1c(Cl)cc(Cl)cc1OC(C)(C)C. The van der Waals surface area contributed by atoms with Crippen molar-refractivity contribution in [3.63, 3.8) is 0 Å². The first-order valence-electron chi connectivity index (χ1n) is 6.86. The molecule has 0 aliphatic rings. The predicted octanol–water partition coefficient (Wildman–Crippen LogP) is 5.51. The van der Waals surface area contributed by atoms with Gasteiger partial charge in [-0.05, 0) is 47.1 Å². The van der Waals surface area contributed by atoms with Gasteiger partial charge in [0.25, 0.3) is 0 Å². The van der Waals surface area contributed by atoms with Gasteiger partial charge in [-0.25, -0.2) is 0 Å². The van der Waals surface area contributed by atoms with Crippen LogP contribution in [-0.4, -0.2) is 11.6 Å². The highest BCUT2D eigenvalue weighted by atomic mass is 35.5. The van der Waals surface area contributed by atoms with Gasteiger partial charge in [-0.1, -0.05) is 30.1 Å². The van der Waals surface area contributed by atoms with Gasteiger partial charge in [0.2, 0.25) is 0 Å². The Kier molecular flexibility index (Phi) is 5.57. The van der Waals surface area contributed by atoms with Crippen molar-refractivity contribution >= 4 is 29.2 Å². The monoisotopic (exact) mass is 332 g/mol. The van der Waals surface area contributed by atoms with Crippen molar-refractivity contribution < 1.29 is 14.3 Å². The molecule has 3 nitrogen and oxygen atoms in total. The molecule has 21 heavy (non-hydrogen) atoms. The van der Waals surface area contributed by atoms with Crippen LogP contribution in [0.25, 0.3) is 0 Å². The number of carbonyl (C=O) groups excluding carboxylic acids is 1. The van der Waals surface area contributed by atoms with E-state index < -0.39 is 11.0 Å². The number of hydrogen-bond acceptors (Lipinski definition) is 3. The molecule has 118 valence electrons. The van der Waals surface area contributed by atoms with Gasteiger partial charge in [-0.3, -0.25) is 4.79 Å². The molecule has 0 fully saturated rings. The largest absolute Gasteiger partial charge is 0.484 e. The highest BCUT2D eigenvalue weighted by Crippen LogP contribution is 2.41. The molecule has 0 aliphatic carbocycles. The fourth-order valence-electron chi connectivity index (χ4n) is 1.42. The molecule has 0 aliphatic heterocycles. The Balaban J connectivity index is 3.19. The third-order valence-electron chi connectivity index (χ3n) is 3.02. The maximum Gasteiger partial charge on any atom is 0.317 e. The Labute approximate surface area is 136 Å². The normalized spacial score (nSPS) is 12.2. The lowest BCUT2D eigenvalue weighted by Crippen LogP contribution is -2.29. The lowest BCUT2D eigenvalue weighted by Gasteiger charge is -2.25. The van der Waals surface area contributed by atoms with Crippen LogP contribution in [0.15, 0.2) is 12.1 Å². The molecule has 0 amide bonds. The fourth-order valence-corrected chi connectivity index (χ4v) is 1.93. The van der Waals surface area contributed by atoms with Gasteiger partial charge in [0, 0.05) is 11.1 Å². The van der Waals surface area contributed by atoms with Crippen molar-refractivity contribution in [1.82, 2.24) is 0 Å². The molecule has 1 rings (SSSR count). The molecular formula is C16H22Cl2O3. The molecule has 0 bridgehead atoms. The van der Waals surface area contributed by atoms with Crippen LogP contribution in [0.5, 0.6) is 11.5 Å². The van der Waals surface area contributed by atoms with E-state index in [1.165, 1.54) is 6.07 Å². The maximum absolute atomic E-state index is 12.3. The second kappa shape index (κ2) is 6.45. The first-order valence-corrected chi connectivity index (χ1v) is 7.62. The second-order valence-electron chi connectivity index (χ2n) is 6.56. The molecule has 0 N–H and O–H groups in total. The van der Waals surface area contributed by atoms with Crippen LogP contribution in [0, 0.1) is 5.41 Å². The molecule has 1 aromatic rings. The number of halogens is 2. The standard InChI is InChI=1S/C16H22Cl2O3/c1-7-16(5,6)14(19)20-13-11(18)8-10(17)9-12(13)21-15(2,3)4/h8-9H,7H2,1-6H3. The molecular weight excluding hydrogens is 311 g/mol. The van der Waals surface area contributed by atoms with Gasteiger partial charge in [0.05, 0.1) is 10.4 Å². The summed E-state index contributed by atoms with van der Waals surface area (Å²) in [7, 11) is 0. The summed E-state index contributed by atoms with van der Waals surface area (Å²) in [5, 5.41) is 0.677. The third kappa shape index (κ3) is 5.08. The number of hydrogen-bond donors (Lipinski definition) is 0. The van der Waals surface area contributed by atoms with E-state index in [1.807, 2.05) is 41.5 Å². The van der Waals surface area contributed by atoms with E-state index in [0.29, 0.717) is 17.2 Å². The molecule has 0 unspecified atom stereocenters. The van der Waals surface area contributed by atoms with Crippen LogP contribution in [0.4, 0.5) is 0 Å². The zero-order valence-corrected chi connectivity index (χ0v) is 14.9. The molecule has 0 saturated heterocycles. The minimum Gasteiger partial charge on any atom is -0.484 e. The van der Waals surface area contributed by atoms with Crippen molar-refractivity contribution in [3.05, 3.63) is 22.2 Å². The number of benzene rings is 1. The van der Waals surface area contributed by atoms with E-state index in [0.717, 1.165) is 0 Å². The number of rotatable bonds is 4. The van der Waals surface area contributed by atoms with Crippen molar-refractivity contribution in [3.8, 4) is 11.5 Å². The second-order valence-corrected chi connectivity index (χ2v) is 7.40. The highest BCUT2D eigenvalue weighted by Gasteiger charge is 2.30. The summed E-state index contributed by atoms with van der Waals surface area (Å²) in [4.78, 5) is 12.3. The van der Waals surface area contributed by atoms with E-state index >= 15 is 0 Å². The number of carbonyl (C=O) groups is 1. The number of ether oxygens (including phenoxy) is 2. The molecule has 0 saturated carbocycles. The Morgan fingerprint density at radius 2 is 1.71 bits per heavy atom. The van der Waals surface area contributed by atoms with Crippen LogP contribution in [0.2, 0.25) is 10.0 Å². The number of esters is 1. The van der Waals surface area contributed by atoms with Gasteiger partial charge in [0.15, 0.2) is 11.5 Å². The summed E-state index contributed by atoms with van der Waals surface area (Å²) in [6.07, 6.45) is 0.659. The topological polar surface area (TPSA) is 35.5 Å². The fraction of sp³-hybridized carbons (Fsp3) is 0.562. The molecule has 0 atom stereocenters. The molecule has 0 spiro atoms. The summed E-state index contributed by atoms with van der Waals surface area (Å²) in [6.45, 7) is 11.3. The van der Waals surface area contributed by atoms with Gasteiger partial charge in [0.1, 0.15) is 5.60 Å². The summed E-state index contributed by atoms with van der Waals surface area (Å²) >= 11 is 12.2. The lowest BCUT2D eigenvalue weighted by molar-refractivity contribution is -0.144. The van der Waals surface area contributed by atoms with Gasteiger partial charge >= 0.3 is 5.97 Å². The summed E-state index contributed by atoms with van der Waals surface area (Å²) in [5.74, 6) is 0.218. The van der Waals surface area contributed by atoms with Crippen LogP contribution < -0.4 is 9.47 Å². The van der Waals surface area contributed by atoms with E-state index in [-0.39, 0.29) is 16.7 Å². The Morgan fingerprint density at radius 1 is 1.14 bits per heavy atom. The molecule has 5 heteroatoms. The van der Waals surface area contributed by atoms with Crippen molar-refractivity contribution in [2.45, 2.75) is 53.6 Å². The van der Waals surface area contributed by atoms with E-state index in [2.05, 4.69) is 0 Å². The van der Waals surface area contributed by atoms with Crippen molar-refractivity contribution in [2.75, 3.05) is 0 Å².